The van der Waals surface area contributed by atoms with Crippen molar-refractivity contribution in [1.82, 2.24) is 4.31 Å². The smallest absolute Gasteiger partial charge is 0.255 e. The molecule has 0 atom stereocenters. The van der Waals surface area contributed by atoms with Crippen molar-refractivity contribution in [1.29, 1.82) is 0 Å². The topological polar surface area (TPSA) is 95.6 Å². The number of benzene rings is 2. The van der Waals surface area contributed by atoms with E-state index in [-0.39, 0.29) is 16.4 Å². The van der Waals surface area contributed by atoms with Crippen LogP contribution >= 0.6 is 0 Å². The van der Waals surface area contributed by atoms with E-state index in [0.29, 0.717) is 16.9 Å². The fourth-order valence-electron chi connectivity index (χ4n) is 2.26. The number of hydrogen-bond donors (Lipinski definition) is 2. The monoisotopic (exact) mass is 375 g/mol. The van der Waals surface area contributed by atoms with E-state index in [0.717, 1.165) is 4.31 Å². The zero-order valence-electron chi connectivity index (χ0n) is 15.0. The molecule has 26 heavy (non-hydrogen) atoms. The van der Waals surface area contributed by atoms with E-state index < -0.39 is 15.9 Å². The summed E-state index contributed by atoms with van der Waals surface area (Å²) in [6, 6.07) is 11.1. The zero-order valence-corrected chi connectivity index (χ0v) is 15.8. The van der Waals surface area contributed by atoms with Crippen LogP contribution in [0.15, 0.2) is 47.4 Å². The summed E-state index contributed by atoms with van der Waals surface area (Å²) in [4.78, 5) is 23.6. The highest BCUT2D eigenvalue weighted by Crippen LogP contribution is 2.20. The Morgan fingerprint density at radius 2 is 1.46 bits per heavy atom. The standard InChI is InChI=1S/C18H21N3O4S/c1-12-5-10-16(26(24,25)21(3)4)11-17(12)18(23)20-15-8-6-14(7-9-15)19-13(2)22/h5-11H,1-4H3,(H,19,22)(H,20,23). The molecule has 0 bridgehead atoms. The number of aryl methyl sites for hydroxylation is 1. The minimum Gasteiger partial charge on any atom is -0.326 e. The van der Waals surface area contributed by atoms with E-state index in [2.05, 4.69) is 10.6 Å². The van der Waals surface area contributed by atoms with Gasteiger partial charge in [-0.2, -0.15) is 0 Å². The number of sulfonamides is 1. The molecule has 0 aromatic heterocycles. The fourth-order valence-corrected chi connectivity index (χ4v) is 3.18. The minimum atomic E-state index is -3.63. The molecule has 0 aliphatic heterocycles. The number of nitrogens with zero attached hydrogens (tertiary/aromatic N) is 1. The van der Waals surface area contributed by atoms with Crippen LogP contribution in [-0.2, 0) is 14.8 Å². The Labute approximate surface area is 153 Å². The number of carbonyl (C=O) groups excluding carboxylic acids is 2. The third-order valence-electron chi connectivity index (χ3n) is 3.70. The first-order chi connectivity index (χ1) is 12.1. The summed E-state index contributed by atoms with van der Waals surface area (Å²) in [5, 5.41) is 5.37. The maximum atomic E-state index is 12.6. The number of hydrogen-bond acceptors (Lipinski definition) is 4. The van der Waals surface area contributed by atoms with Crippen molar-refractivity contribution in [2.45, 2.75) is 18.7 Å². The number of nitrogens with one attached hydrogen (secondary N) is 2. The average Bonchev–Trinajstić information content (AvgIpc) is 2.56. The van der Waals surface area contributed by atoms with Crippen molar-refractivity contribution in [3.8, 4) is 0 Å². The lowest BCUT2D eigenvalue weighted by molar-refractivity contribution is -0.114. The Morgan fingerprint density at radius 1 is 0.923 bits per heavy atom. The van der Waals surface area contributed by atoms with Gasteiger partial charge in [0.15, 0.2) is 0 Å². The van der Waals surface area contributed by atoms with Gasteiger partial charge in [-0.05, 0) is 48.9 Å². The van der Waals surface area contributed by atoms with E-state index in [1.165, 1.54) is 33.2 Å². The number of anilines is 2. The van der Waals surface area contributed by atoms with Crippen LogP contribution in [0.3, 0.4) is 0 Å². The quantitative estimate of drug-likeness (QED) is 0.839. The highest BCUT2D eigenvalue weighted by molar-refractivity contribution is 7.89. The highest BCUT2D eigenvalue weighted by Gasteiger charge is 2.20. The van der Waals surface area contributed by atoms with Crippen molar-refractivity contribution >= 4 is 33.2 Å². The van der Waals surface area contributed by atoms with Gasteiger partial charge in [0.2, 0.25) is 15.9 Å². The summed E-state index contributed by atoms with van der Waals surface area (Å²) in [6.07, 6.45) is 0. The van der Waals surface area contributed by atoms with Crippen LogP contribution in [0.4, 0.5) is 11.4 Å². The Hall–Kier alpha value is -2.71. The molecule has 138 valence electrons. The van der Waals surface area contributed by atoms with Crippen molar-refractivity contribution in [3.63, 3.8) is 0 Å². The molecule has 2 aromatic rings. The van der Waals surface area contributed by atoms with Crippen LogP contribution in [0.2, 0.25) is 0 Å². The van der Waals surface area contributed by atoms with Gasteiger partial charge in [0, 0.05) is 38.0 Å². The van der Waals surface area contributed by atoms with E-state index in [9.17, 15) is 18.0 Å². The van der Waals surface area contributed by atoms with E-state index in [1.807, 2.05) is 0 Å². The van der Waals surface area contributed by atoms with Gasteiger partial charge in [-0.25, -0.2) is 12.7 Å². The first-order valence-corrected chi connectivity index (χ1v) is 9.27. The number of rotatable bonds is 5. The van der Waals surface area contributed by atoms with Gasteiger partial charge in [0.25, 0.3) is 5.91 Å². The van der Waals surface area contributed by atoms with Gasteiger partial charge in [0.1, 0.15) is 0 Å². The molecule has 2 N–H and O–H groups in total. The average molecular weight is 375 g/mol. The van der Waals surface area contributed by atoms with Crippen molar-refractivity contribution in [3.05, 3.63) is 53.6 Å². The molecule has 0 unspecified atom stereocenters. The Kier molecular flexibility index (Phi) is 5.79. The van der Waals surface area contributed by atoms with Gasteiger partial charge in [0.05, 0.1) is 4.90 Å². The number of amides is 2. The van der Waals surface area contributed by atoms with E-state index in [1.54, 1.807) is 37.3 Å². The molecule has 0 saturated heterocycles. The summed E-state index contributed by atoms with van der Waals surface area (Å²) in [5.74, 6) is -0.595. The summed E-state index contributed by atoms with van der Waals surface area (Å²) in [7, 11) is -0.754. The molecule has 8 heteroatoms. The summed E-state index contributed by atoms with van der Waals surface area (Å²) >= 11 is 0. The van der Waals surface area contributed by atoms with Crippen molar-refractivity contribution in [2.75, 3.05) is 24.7 Å². The number of carbonyl (C=O) groups is 2. The molecule has 0 aliphatic carbocycles. The normalized spacial score (nSPS) is 11.3. The van der Waals surface area contributed by atoms with Crippen molar-refractivity contribution < 1.29 is 18.0 Å². The molecule has 0 spiro atoms. The summed E-state index contributed by atoms with van der Waals surface area (Å²) in [5.41, 5.74) is 2.09. The van der Waals surface area contributed by atoms with Crippen molar-refractivity contribution in [2.24, 2.45) is 0 Å². The Bertz CT molecular complexity index is 935. The van der Waals surface area contributed by atoms with Crippen LogP contribution in [0.5, 0.6) is 0 Å². The Balaban J connectivity index is 2.25. The first kappa shape index (κ1) is 19.6. The SMILES string of the molecule is CC(=O)Nc1ccc(NC(=O)c2cc(S(=O)(=O)N(C)C)ccc2C)cc1. The highest BCUT2D eigenvalue weighted by atomic mass is 32.2. The third-order valence-corrected chi connectivity index (χ3v) is 5.51. The molecule has 2 rings (SSSR count). The first-order valence-electron chi connectivity index (χ1n) is 7.83. The van der Waals surface area contributed by atoms with Crippen LogP contribution in [-0.4, -0.2) is 38.6 Å². The van der Waals surface area contributed by atoms with Gasteiger partial charge < -0.3 is 10.6 Å². The van der Waals surface area contributed by atoms with E-state index in [4.69, 9.17) is 0 Å². The molecule has 0 aliphatic rings. The summed E-state index contributed by atoms with van der Waals surface area (Å²) in [6.45, 7) is 3.15. The molecule has 0 fully saturated rings. The van der Waals surface area contributed by atoms with Gasteiger partial charge in [-0.3, -0.25) is 9.59 Å². The van der Waals surface area contributed by atoms with Crippen LogP contribution in [0.25, 0.3) is 0 Å². The van der Waals surface area contributed by atoms with Crippen LogP contribution < -0.4 is 10.6 Å². The van der Waals surface area contributed by atoms with Crippen LogP contribution in [0, 0.1) is 6.92 Å². The molecule has 0 radical (unpaired) electrons. The largest absolute Gasteiger partial charge is 0.326 e. The molecular weight excluding hydrogens is 354 g/mol. The lowest BCUT2D eigenvalue weighted by Crippen LogP contribution is -2.23. The summed E-state index contributed by atoms with van der Waals surface area (Å²) < 4.78 is 25.6. The third kappa shape index (κ3) is 4.47. The van der Waals surface area contributed by atoms with Crippen LogP contribution in [0.1, 0.15) is 22.8 Å². The second-order valence-electron chi connectivity index (χ2n) is 5.98. The minimum absolute atomic E-state index is 0.0549. The Morgan fingerprint density at radius 3 is 1.96 bits per heavy atom. The maximum Gasteiger partial charge on any atom is 0.255 e. The van der Waals surface area contributed by atoms with Gasteiger partial charge in [-0.15, -0.1) is 0 Å². The lowest BCUT2D eigenvalue weighted by atomic mass is 10.1. The molecule has 0 saturated carbocycles. The molecule has 2 aromatic carbocycles. The molecule has 7 nitrogen and oxygen atoms in total. The van der Waals surface area contributed by atoms with Gasteiger partial charge in [-0.1, -0.05) is 6.07 Å². The predicted octanol–water partition coefficient (Wildman–Crippen LogP) is 2.46. The predicted molar refractivity (Wildman–Crippen MR) is 101 cm³/mol. The molecule has 0 heterocycles. The zero-order chi connectivity index (χ0) is 19.5. The maximum absolute atomic E-state index is 12.6. The second kappa shape index (κ2) is 7.67. The van der Waals surface area contributed by atoms with E-state index >= 15 is 0 Å². The lowest BCUT2D eigenvalue weighted by Gasteiger charge is -2.14. The molecule has 2 amide bonds. The fraction of sp³-hybridized carbons (Fsp3) is 0.222. The second-order valence-corrected chi connectivity index (χ2v) is 8.13. The van der Waals surface area contributed by atoms with Gasteiger partial charge >= 0.3 is 0 Å². The molecular formula is C18H21N3O4S.